The number of carboxylic acids is 1. The molecule has 7 heteroatoms. The van der Waals surface area contributed by atoms with E-state index in [0.29, 0.717) is 18.8 Å². The van der Waals surface area contributed by atoms with E-state index < -0.39 is 16.0 Å². The molecule has 2 rings (SSSR count). The van der Waals surface area contributed by atoms with Crippen LogP contribution in [0.4, 0.5) is 5.69 Å². The summed E-state index contributed by atoms with van der Waals surface area (Å²) in [6, 6.07) is 6.89. The molecular weight excluding hydrogens is 316 g/mol. The SMILES string of the molecule is C=CCNS(=O)(=O)c1ccccc1N1CCC(CC(=O)O)CC1. The van der Waals surface area contributed by atoms with Gasteiger partial charge in [-0.1, -0.05) is 18.2 Å². The van der Waals surface area contributed by atoms with Crippen molar-refractivity contribution >= 4 is 21.7 Å². The van der Waals surface area contributed by atoms with Crippen molar-refractivity contribution < 1.29 is 18.3 Å². The maximum atomic E-state index is 12.4. The Morgan fingerprint density at radius 2 is 2.00 bits per heavy atom. The average Bonchev–Trinajstić information content (AvgIpc) is 2.53. The van der Waals surface area contributed by atoms with E-state index in [1.165, 1.54) is 6.08 Å². The number of benzene rings is 1. The van der Waals surface area contributed by atoms with Crippen LogP contribution in [-0.4, -0.2) is 39.1 Å². The van der Waals surface area contributed by atoms with E-state index in [4.69, 9.17) is 5.11 Å². The minimum atomic E-state index is -3.59. The predicted octanol–water partition coefficient (Wildman–Crippen LogP) is 1.84. The van der Waals surface area contributed by atoms with Crippen LogP contribution in [-0.2, 0) is 14.8 Å². The highest BCUT2D eigenvalue weighted by molar-refractivity contribution is 7.89. The van der Waals surface area contributed by atoms with Gasteiger partial charge < -0.3 is 10.0 Å². The Kier molecular flexibility index (Phi) is 5.79. The number of anilines is 1. The van der Waals surface area contributed by atoms with Crippen molar-refractivity contribution in [2.24, 2.45) is 5.92 Å². The number of piperidine rings is 1. The highest BCUT2D eigenvalue weighted by atomic mass is 32.2. The van der Waals surface area contributed by atoms with Gasteiger partial charge in [0, 0.05) is 26.1 Å². The number of hydrogen-bond acceptors (Lipinski definition) is 4. The van der Waals surface area contributed by atoms with Gasteiger partial charge in [0.2, 0.25) is 10.0 Å². The Labute approximate surface area is 136 Å². The van der Waals surface area contributed by atoms with E-state index in [0.717, 1.165) is 12.8 Å². The Morgan fingerprint density at radius 1 is 1.35 bits per heavy atom. The van der Waals surface area contributed by atoms with Crippen LogP contribution in [0.2, 0.25) is 0 Å². The minimum Gasteiger partial charge on any atom is -0.481 e. The lowest BCUT2D eigenvalue weighted by Crippen LogP contribution is -2.36. The van der Waals surface area contributed by atoms with E-state index in [1.54, 1.807) is 18.2 Å². The summed E-state index contributed by atoms with van der Waals surface area (Å²) >= 11 is 0. The molecule has 0 aliphatic carbocycles. The van der Waals surface area contributed by atoms with Crippen LogP contribution in [0.25, 0.3) is 0 Å². The van der Waals surface area contributed by atoms with Crippen LogP contribution in [0.5, 0.6) is 0 Å². The fourth-order valence-electron chi connectivity index (χ4n) is 2.82. The molecule has 1 heterocycles. The summed E-state index contributed by atoms with van der Waals surface area (Å²) in [6.07, 6.45) is 3.17. The minimum absolute atomic E-state index is 0.159. The van der Waals surface area contributed by atoms with Gasteiger partial charge in [-0.25, -0.2) is 13.1 Å². The van der Waals surface area contributed by atoms with Crippen LogP contribution in [0.1, 0.15) is 19.3 Å². The highest BCUT2D eigenvalue weighted by Crippen LogP contribution is 2.30. The van der Waals surface area contributed by atoms with Crippen LogP contribution in [0.3, 0.4) is 0 Å². The second-order valence-electron chi connectivity index (χ2n) is 5.64. The molecule has 0 bridgehead atoms. The predicted molar refractivity (Wildman–Crippen MR) is 89.0 cm³/mol. The van der Waals surface area contributed by atoms with E-state index >= 15 is 0 Å². The summed E-state index contributed by atoms with van der Waals surface area (Å²) in [5.41, 5.74) is 0.665. The topological polar surface area (TPSA) is 86.7 Å². The molecular formula is C16H22N2O4S. The molecule has 0 amide bonds. The number of nitrogens with zero attached hydrogens (tertiary/aromatic N) is 1. The number of carbonyl (C=O) groups is 1. The van der Waals surface area contributed by atoms with Crippen molar-refractivity contribution in [2.45, 2.75) is 24.2 Å². The molecule has 1 aromatic carbocycles. The molecule has 0 radical (unpaired) electrons. The van der Waals surface area contributed by atoms with E-state index in [1.807, 2.05) is 11.0 Å². The number of carboxylic acid groups (broad SMARTS) is 1. The van der Waals surface area contributed by atoms with Gasteiger partial charge in [0.05, 0.1) is 5.69 Å². The molecule has 0 atom stereocenters. The third-order valence-electron chi connectivity index (χ3n) is 3.99. The summed E-state index contributed by atoms with van der Waals surface area (Å²) in [6.45, 7) is 5.01. The summed E-state index contributed by atoms with van der Waals surface area (Å²) in [7, 11) is -3.59. The Morgan fingerprint density at radius 3 is 2.61 bits per heavy atom. The first-order chi connectivity index (χ1) is 10.9. The van der Waals surface area contributed by atoms with Gasteiger partial charge in [-0.15, -0.1) is 6.58 Å². The van der Waals surface area contributed by atoms with Gasteiger partial charge in [0.25, 0.3) is 0 Å². The van der Waals surface area contributed by atoms with Crippen LogP contribution < -0.4 is 9.62 Å². The Hall–Kier alpha value is -1.86. The van der Waals surface area contributed by atoms with Crippen molar-refractivity contribution in [3.8, 4) is 0 Å². The lowest BCUT2D eigenvalue weighted by Gasteiger charge is -2.34. The number of aliphatic carboxylic acids is 1. The van der Waals surface area contributed by atoms with Gasteiger partial charge in [-0.2, -0.15) is 0 Å². The average molecular weight is 338 g/mol. The molecule has 6 nitrogen and oxygen atoms in total. The van der Waals surface area contributed by atoms with Gasteiger partial charge in [0.15, 0.2) is 0 Å². The molecule has 1 aliphatic heterocycles. The molecule has 126 valence electrons. The molecule has 0 aromatic heterocycles. The number of rotatable bonds is 7. The lowest BCUT2D eigenvalue weighted by molar-refractivity contribution is -0.138. The van der Waals surface area contributed by atoms with Crippen LogP contribution >= 0.6 is 0 Å². The monoisotopic (exact) mass is 338 g/mol. The van der Waals surface area contributed by atoms with E-state index in [2.05, 4.69) is 11.3 Å². The van der Waals surface area contributed by atoms with Crippen molar-refractivity contribution in [2.75, 3.05) is 24.5 Å². The molecule has 0 unspecified atom stereocenters. The van der Waals surface area contributed by atoms with Crippen molar-refractivity contribution in [1.29, 1.82) is 0 Å². The number of para-hydroxylation sites is 1. The van der Waals surface area contributed by atoms with Crippen molar-refractivity contribution in [3.63, 3.8) is 0 Å². The fraction of sp³-hybridized carbons (Fsp3) is 0.438. The summed E-state index contributed by atoms with van der Waals surface area (Å²) in [5.74, 6) is -0.619. The standard InChI is InChI=1S/C16H22N2O4S/c1-2-9-17-23(21,22)15-6-4-3-5-14(15)18-10-7-13(8-11-18)12-16(19)20/h2-6,13,17H,1,7-12H2,(H,19,20). The smallest absolute Gasteiger partial charge is 0.303 e. The zero-order valence-electron chi connectivity index (χ0n) is 12.9. The third-order valence-corrected chi connectivity index (χ3v) is 5.46. The van der Waals surface area contributed by atoms with Gasteiger partial charge in [0.1, 0.15) is 4.90 Å². The molecule has 0 spiro atoms. The zero-order chi connectivity index (χ0) is 16.9. The van der Waals surface area contributed by atoms with E-state index in [9.17, 15) is 13.2 Å². The maximum absolute atomic E-state index is 12.4. The van der Waals surface area contributed by atoms with Gasteiger partial charge in [-0.05, 0) is 30.9 Å². The highest BCUT2D eigenvalue weighted by Gasteiger charge is 2.25. The van der Waals surface area contributed by atoms with Crippen molar-refractivity contribution in [1.82, 2.24) is 4.72 Å². The molecule has 1 fully saturated rings. The van der Waals surface area contributed by atoms with Gasteiger partial charge >= 0.3 is 5.97 Å². The number of sulfonamides is 1. The zero-order valence-corrected chi connectivity index (χ0v) is 13.8. The van der Waals surface area contributed by atoms with Crippen LogP contribution in [0.15, 0.2) is 41.8 Å². The molecule has 1 aliphatic rings. The maximum Gasteiger partial charge on any atom is 0.303 e. The number of nitrogens with one attached hydrogen (secondary N) is 1. The normalized spacial score (nSPS) is 16.3. The summed E-state index contributed by atoms with van der Waals surface area (Å²) in [4.78, 5) is 13.1. The first-order valence-corrected chi connectivity index (χ1v) is 9.08. The van der Waals surface area contributed by atoms with Crippen LogP contribution in [0, 0.1) is 5.92 Å². The van der Waals surface area contributed by atoms with E-state index in [-0.39, 0.29) is 23.8 Å². The first kappa shape index (κ1) is 17.5. The lowest BCUT2D eigenvalue weighted by atomic mass is 9.93. The third kappa shape index (κ3) is 4.56. The second kappa shape index (κ2) is 7.61. The first-order valence-electron chi connectivity index (χ1n) is 7.60. The summed E-state index contributed by atoms with van der Waals surface area (Å²) < 4.78 is 27.3. The Bertz CT molecular complexity index is 664. The largest absolute Gasteiger partial charge is 0.481 e. The molecule has 1 saturated heterocycles. The van der Waals surface area contributed by atoms with Crippen molar-refractivity contribution in [3.05, 3.63) is 36.9 Å². The Balaban J connectivity index is 2.15. The molecule has 2 N–H and O–H groups in total. The molecule has 23 heavy (non-hydrogen) atoms. The fourth-order valence-corrected chi connectivity index (χ4v) is 4.04. The quantitative estimate of drug-likeness (QED) is 0.741. The molecule has 1 aromatic rings. The second-order valence-corrected chi connectivity index (χ2v) is 7.37. The van der Waals surface area contributed by atoms with Gasteiger partial charge in [-0.3, -0.25) is 4.79 Å². The molecule has 0 saturated carbocycles. The summed E-state index contributed by atoms with van der Waals surface area (Å²) in [5, 5.41) is 8.87. The number of hydrogen-bond donors (Lipinski definition) is 2.